The molecule has 0 radical (unpaired) electrons. The van der Waals surface area contributed by atoms with E-state index in [0.717, 1.165) is 23.3 Å². The van der Waals surface area contributed by atoms with Gasteiger partial charge in [-0.25, -0.2) is 0 Å². The molecular weight excluding hydrogens is 280 g/mol. The van der Waals surface area contributed by atoms with E-state index in [0.29, 0.717) is 6.04 Å². The van der Waals surface area contributed by atoms with Gasteiger partial charge in [0.15, 0.2) is 0 Å². The maximum Gasteiger partial charge on any atom is 0.0519 e. The normalized spacial score (nSPS) is 16.9. The van der Waals surface area contributed by atoms with Gasteiger partial charge in [-0.15, -0.1) is 0 Å². The van der Waals surface area contributed by atoms with Crippen LogP contribution in [-0.4, -0.2) is 4.98 Å². The highest BCUT2D eigenvalue weighted by atomic mass is 35.5. The second-order valence-corrected chi connectivity index (χ2v) is 5.92. The van der Waals surface area contributed by atoms with Gasteiger partial charge in [0.05, 0.1) is 6.04 Å². The molecule has 1 aliphatic rings. The Kier molecular flexibility index (Phi) is 3.04. The first-order valence-corrected chi connectivity index (χ1v) is 7.57. The molecular formula is C18H15ClN2. The molecule has 1 aliphatic carbocycles. The number of anilines is 1. The maximum atomic E-state index is 6.08. The van der Waals surface area contributed by atoms with Gasteiger partial charge in [0.1, 0.15) is 0 Å². The maximum absolute atomic E-state index is 6.08. The van der Waals surface area contributed by atoms with Crippen LogP contribution >= 0.6 is 11.6 Å². The summed E-state index contributed by atoms with van der Waals surface area (Å²) in [5.74, 6) is 0. The summed E-state index contributed by atoms with van der Waals surface area (Å²) in [6.45, 7) is 0. The number of pyridine rings is 1. The number of halogens is 1. The van der Waals surface area contributed by atoms with Crippen LogP contribution in [0, 0.1) is 0 Å². The lowest BCUT2D eigenvalue weighted by Crippen LogP contribution is -2.07. The van der Waals surface area contributed by atoms with Crippen LogP contribution in [0.1, 0.15) is 23.6 Å². The molecule has 1 N–H and O–H groups in total. The van der Waals surface area contributed by atoms with Crippen LogP contribution in [0.2, 0.25) is 5.02 Å². The molecule has 1 heterocycles. The van der Waals surface area contributed by atoms with Crippen molar-refractivity contribution in [3.05, 3.63) is 71.0 Å². The van der Waals surface area contributed by atoms with Crippen molar-refractivity contribution in [3.63, 3.8) is 0 Å². The smallest absolute Gasteiger partial charge is 0.0519 e. The Bertz CT molecular complexity index is 808. The average molecular weight is 295 g/mol. The molecule has 0 saturated heterocycles. The Hall–Kier alpha value is -2.06. The van der Waals surface area contributed by atoms with Gasteiger partial charge in [0.2, 0.25) is 0 Å². The molecule has 0 spiro atoms. The van der Waals surface area contributed by atoms with Crippen molar-refractivity contribution >= 4 is 28.1 Å². The first-order chi connectivity index (χ1) is 10.3. The third-order valence-electron chi connectivity index (χ3n) is 4.19. The Morgan fingerprint density at radius 1 is 1.14 bits per heavy atom. The van der Waals surface area contributed by atoms with E-state index in [4.69, 9.17) is 11.6 Å². The summed E-state index contributed by atoms with van der Waals surface area (Å²) in [6, 6.07) is 14.9. The van der Waals surface area contributed by atoms with Crippen molar-refractivity contribution < 1.29 is 0 Å². The number of nitrogens with one attached hydrogen (secondary N) is 1. The van der Waals surface area contributed by atoms with E-state index in [1.807, 2.05) is 18.5 Å². The van der Waals surface area contributed by atoms with Gasteiger partial charge in [-0.2, -0.15) is 0 Å². The highest BCUT2D eigenvalue weighted by Crippen LogP contribution is 2.36. The van der Waals surface area contributed by atoms with E-state index in [2.05, 4.69) is 46.7 Å². The molecule has 0 fully saturated rings. The first-order valence-electron chi connectivity index (χ1n) is 7.19. The van der Waals surface area contributed by atoms with E-state index >= 15 is 0 Å². The third-order valence-corrected chi connectivity index (χ3v) is 4.43. The largest absolute Gasteiger partial charge is 0.378 e. The van der Waals surface area contributed by atoms with Gasteiger partial charge in [0.25, 0.3) is 0 Å². The molecule has 1 unspecified atom stereocenters. The van der Waals surface area contributed by atoms with Gasteiger partial charge < -0.3 is 5.32 Å². The van der Waals surface area contributed by atoms with Crippen LogP contribution in [0.4, 0.5) is 5.69 Å². The summed E-state index contributed by atoms with van der Waals surface area (Å²) in [6.07, 6.45) is 5.94. The Labute approximate surface area is 128 Å². The standard InChI is InChI=1S/C18H15ClN2/c19-14-5-6-15-12(10-14)4-7-18(15)21-17-3-1-2-13-11-20-9-8-16(13)17/h1-3,5-6,8-11,18,21H,4,7H2. The molecule has 2 aromatic carbocycles. The van der Waals surface area contributed by atoms with E-state index in [1.54, 1.807) is 0 Å². The van der Waals surface area contributed by atoms with Crippen molar-refractivity contribution in [2.45, 2.75) is 18.9 Å². The summed E-state index contributed by atoms with van der Waals surface area (Å²) in [5.41, 5.74) is 3.90. The van der Waals surface area contributed by atoms with Crippen molar-refractivity contribution in [2.24, 2.45) is 0 Å². The van der Waals surface area contributed by atoms with Gasteiger partial charge >= 0.3 is 0 Å². The molecule has 21 heavy (non-hydrogen) atoms. The molecule has 0 saturated carbocycles. The van der Waals surface area contributed by atoms with Crippen molar-refractivity contribution in [3.8, 4) is 0 Å². The third kappa shape index (κ3) is 2.26. The lowest BCUT2D eigenvalue weighted by molar-refractivity contribution is 0.763. The molecule has 1 aromatic heterocycles. The molecule has 1 atom stereocenters. The highest BCUT2D eigenvalue weighted by molar-refractivity contribution is 6.30. The van der Waals surface area contributed by atoms with Crippen LogP contribution in [0.25, 0.3) is 10.8 Å². The quantitative estimate of drug-likeness (QED) is 0.720. The minimum absolute atomic E-state index is 0.357. The number of aryl methyl sites for hydroxylation is 1. The fourth-order valence-corrected chi connectivity index (χ4v) is 3.37. The summed E-state index contributed by atoms with van der Waals surface area (Å²) in [5, 5.41) is 6.89. The molecule has 104 valence electrons. The van der Waals surface area contributed by atoms with Gasteiger partial charge in [-0.1, -0.05) is 29.8 Å². The van der Waals surface area contributed by atoms with Crippen LogP contribution in [0.3, 0.4) is 0 Å². The number of fused-ring (bicyclic) bond motifs is 2. The molecule has 4 rings (SSSR count). The summed E-state index contributed by atoms with van der Waals surface area (Å²) >= 11 is 6.08. The second kappa shape index (κ2) is 5.05. The number of benzene rings is 2. The van der Waals surface area contributed by atoms with Crippen molar-refractivity contribution in [1.82, 2.24) is 4.98 Å². The van der Waals surface area contributed by atoms with Gasteiger partial charge in [0, 0.05) is 33.9 Å². The van der Waals surface area contributed by atoms with Gasteiger partial charge in [-0.3, -0.25) is 4.98 Å². The predicted molar refractivity (Wildman–Crippen MR) is 87.9 cm³/mol. The molecule has 0 amide bonds. The lowest BCUT2D eigenvalue weighted by Gasteiger charge is -2.17. The molecule has 3 heteroatoms. The first kappa shape index (κ1) is 12.7. The predicted octanol–water partition coefficient (Wildman–Crippen LogP) is 4.99. The number of hydrogen-bond donors (Lipinski definition) is 1. The highest BCUT2D eigenvalue weighted by Gasteiger charge is 2.22. The Morgan fingerprint density at radius 2 is 2.10 bits per heavy atom. The van der Waals surface area contributed by atoms with Crippen molar-refractivity contribution in [2.75, 3.05) is 5.32 Å². The minimum atomic E-state index is 0.357. The Balaban J connectivity index is 1.71. The van der Waals surface area contributed by atoms with E-state index < -0.39 is 0 Å². The fourth-order valence-electron chi connectivity index (χ4n) is 3.17. The number of hydrogen-bond acceptors (Lipinski definition) is 2. The summed E-state index contributed by atoms with van der Waals surface area (Å²) < 4.78 is 0. The Morgan fingerprint density at radius 3 is 3.05 bits per heavy atom. The van der Waals surface area contributed by atoms with E-state index in [9.17, 15) is 0 Å². The average Bonchev–Trinajstić information content (AvgIpc) is 2.90. The van der Waals surface area contributed by atoms with Crippen LogP contribution in [0.5, 0.6) is 0 Å². The second-order valence-electron chi connectivity index (χ2n) is 5.48. The SMILES string of the molecule is Clc1ccc2c(c1)CCC2Nc1cccc2cnccc12. The van der Waals surface area contributed by atoms with Crippen LogP contribution < -0.4 is 5.32 Å². The molecule has 3 aromatic rings. The van der Waals surface area contributed by atoms with E-state index in [-0.39, 0.29) is 0 Å². The molecule has 2 nitrogen and oxygen atoms in total. The molecule has 0 aliphatic heterocycles. The molecule has 0 bridgehead atoms. The zero-order chi connectivity index (χ0) is 14.2. The van der Waals surface area contributed by atoms with Crippen LogP contribution in [-0.2, 0) is 6.42 Å². The summed E-state index contributed by atoms with van der Waals surface area (Å²) in [7, 11) is 0. The summed E-state index contributed by atoms with van der Waals surface area (Å²) in [4.78, 5) is 4.19. The fraction of sp³-hybridized carbons (Fsp3) is 0.167. The minimum Gasteiger partial charge on any atom is -0.378 e. The zero-order valence-electron chi connectivity index (χ0n) is 11.5. The number of nitrogens with zero attached hydrogens (tertiary/aromatic N) is 1. The topological polar surface area (TPSA) is 24.9 Å². The van der Waals surface area contributed by atoms with Crippen LogP contribution in [0.15, 0.2) is 54.9 Å². The van der Waals surface area contributed by atoms with E-state index in [1.165, 1.54) is 22.2 Å². The van der Waals surface area contributed by atoms with Crippen molar-refractivity contribution in [1.29, 1.82) is 0 Å². The van der Waals surface area contributed by atoms with Gasteiger partial charge in [-0.05, 0) is 48.2 Å². The zero-order valence-corrected chi connectivity index (χ0v) is 12.3. The number of rotatable bonds is 2. The lowest BCUT2D eigenvalue weighted by atomic mass is 10.1. The monoisotopic (exact) mass is 294 g/mol. The number of aromatic nitrogens is 1.